The average molecular weight is 236 g/mol. The van der Waals surface area contributed by atoms with E-state index in [1.807, 2.05) is 11.7 Å². The van der Waals surface area contributed by atoms with Gasteiger partial charge in [-0.15, -0.1) is 0 Å². The highest BCUT2D eigenvalue weighted by Crippen LogP contribution is 2.22. The van der Waals surface area contributed by atoms with Crippen molar-refractivity contribution < 1.29 is 0 Å². The molecule has 0 spiro atoms. The first-order valence-corrected chi connectivity index (χ1v) is 6.53. The third kappa shape index (κ3) is 2.80. The molecule has 1 aliphatic heterocycles. The Balaban J connectivity index is 2.04. The van der Waals surface area contributed by atoms with E-state index in [-0.39, 0.29) is 0 Å². The Morgan fingerprint density at radius 2 is 1.94 bits per heavy atom. The van der Waals surface area contributed by atoms with Gasteiger partial charge in [0.05, 0.1) is 17.1 Å². The number of nitrogens with zero attached hydrogens (tertiary/aromatic N) is 3. The van der Waals surface area contributed by atoms with Crippen LogP contribution in [0.3, 0.4) is 0 Å². The highest BCUT2D eigenvalue weighted by molar-refractivity contribution is 5.52. The summed E-state index contributed by atoms with van der Waals surface area (Å²) in [6.45, 7) is 6.63. The van der Waals surface area contributed by atoms with E-state index in [4.69, 9.17) is 0 Å². The lowest BCUT2D eigenvalue weighted by atomic mass is 10.1. The number of hydrogen-bond acceptors (Lipinski definition) is 3. The molecule has 1 aromatic rings. The summed E-state index contributed by atoms with van der Waals surface area (Å²) >= 11 is 0. The van der Waals surface area contributed by atoms with Gasteiger partial charge in [-0.1, -0.05) is 0 Å². The molecule has 17 heavy (non-hydrogen) atoms. The smallest absolute Gasteiger partial charge is 0.0827 e. The van der Waals surface area contributed by atoms with Crippen LogP contribution in [-0.2, 0) is 7.05 Å². The predicted octanol–water partition coefficient (Wildman–Crippen LogP) is 1.93. The monoisotopic (exact) mass is 236 g/mol. The van der Waals surface area contributed by atoms with E-state index in [1.54, 1.807) is 0 Å². The van der Waals surface area contributed by atoms with Gasteiger partial charge in [-0.3, -0.25) is 4.68 Å². The minimum atomic E-state index is 0.599. The summed E-state index contributed by atoms with van der Waals surface area (Å²) in [5.41, 5.74) is 3.59. The van der Waals surface area contributed by atoms with Crippen LogP contribution in [0, 0.1) is 13.8 Å². The molecule has 0 saturated carbocycles. The molecule has 4 heteroatoms. The van der Waals surface area contributed by atoms with E-state index in [2.05, 4.69) is 36.2 Å². The zero-order chi connectivity index (χ0) is 12.4. The predicted molar refractivity (Wildman–Crippen MR) is 71.4 cm³/mol. The van der Waals surface area contributed by atoms with E-state index in [1.165, 1.54) is 43.7 Å². The molecule has 4 nitrogen and oxygen atoms in total. The van der Waals surface area contributed by atoms with Crippen LogP contribution in [0.15, 0.2) is 0 Å². The van der Waals surface area contributed by atoms with Gasteiger partial charge in [0.2, 0.25) is 0 Å². The van der Waals surface area contributed by atoms with Gasteiger partial charge in [-0.05, 0) is 53.2 Å². The number of nitrogens with one attached hydrogen (secondary N) is 1. The van der Waals surface area contributed by atoms with Crippen molar-refractivity contribution in [2.45, 2.75) is 39.2 Å². The molecule has 1 saturated heterocycles. The van der Waals surface area contributed by atoms with Crippen LogP contribution in [0.2, 0.25) is 0 Å². The number of hydrogen-bond donors (Lipinski definition) is 1. The molecule has 0 aromatic carbocycles. The second-order valence-electron chi connectivity index (χ2n) is 5.24. The van der Waals surface area contributed by atoms with Gasteiger partial charge >= 0.3 is 0 Å². The van der Waals surface area contributed by atoms with Crippen LogP contribution in [-0.4, -0.2) is 40.9 Å². The first-order chi connectivity index (χ1) is 8.08. The van der Waals surface area contributed by atoms with Gasteiger partial charge < -0.3 is 10.2 Å². The molecule has 1 atom stereocenters. The number of aromatic nitrogens is 2. The lowest BCUT2D eigenvalue weighted by molar-refractivity contribution is 0.348. The molecule has 1 fully saturated rings. The number of aryl methyl sites for hydroxylation is 2. The Morgan fingerprint density at radius 3 is 2.59 bits per heavy atom. The van der Waals surface area contributed by atoms with Crippen molar-refractivity contribution >= 4 is 5.69 Å². The standard InChI is InChI=1S/C13H24N4/c1-10-13(11(2)17(4)15-10)14-12-6-5-8-16(3)9-7-12/h12,14H,5-9H2,1-4H3. The lowest BCUT2D eigenvalue weighted by Gasteiger charge is -2.18. The van der Waals surface area contributed by atoms with Crippen molar-refractivity contribution in [1.82, 2.24) is 14.7 Å². The molecule has 0 aliphatic carbocycles. The summed E-state index contributed by atoms with van der Waals surface area (Å²) in [7, 11) is 4.22. The summed E-state index contributed by atoms with van der Waals surface area (Å²) in [5, 5.41) is 8.15. The first kappa shape index (κ1) is 12.4. The number of likely N-dealkylation sites (tertiary alicyclic amines) is 1. The zero-order valence-corrected chi connectivity index (χ0v) is 11.5. The Hall–Kier alpha value is -1.03. The van der Waals surface area contributed by atoms with Crippen LogP contribution in [0.4, 0.5) is 5.69 Å². The van der Waals surface area contributed by atoms with Crippen molar-refractivity contribution in [2.24, 2.45) is 7.05 Å². The fourth-order valence-electron chi connectivity index (χ4n) is 2.57. The van der Waals surface area contributed by atoms with Crippen molar-refractivity contribution in [2.75, 3.05) is 25.5 Å². The summed E-state index contributed by atoms with van der Waals surface area (Å²) in [6, 6.07) is 0.599. The Kier molecular flexibility index (Phi) is 3.72. The zero-order valence-electron chi connectivity index (χ0n) is 11.5. The Morgan fingerprint density at radius 1 is 1.18 bits per heavy atom. The molecular weight excluding hydrogens is 212 g/mol. The first-order valence-electron chi connectivity index (χ1n) is 6.53. The second kappa shape index (κ2) is 5.08. The third-order valence-electron chi connectivity index (χ3n) is 3.81. The summed E-state index contributed by atoms with van der Waals surface area (Å²) in [4.78, 5) is 2.42. The van der Waals surface area contributed by atoms with Crippen LogP contribution >= 0.6 is 0 Å². The van der Waals surface area contributed by atoms with Gasteiger partial charge in [-0.2, -0.15) is 5.10 Å². The molecule has 0 bridgehead atoms. The minimum Gasteiger partial charge on any atom is -0.379 e. The Labute approximate surface area is 104 Å². The third-order valence-corrected chi connectivity index (χ3v) is 3.81. The quantitative estimate of drug-likeness (QED) is 0.852. The fraction of sp³-hybridized carbons (Fsp3) is 0.769. The van der Waals surface area contributed by atoms with Gasteiger partial charge in [0.25, 0.3) is 0 Å². The van der Waals surface area contributed by atoms with E-state index >= 15 is 0 Å². The number of anilines is 1. The fourth-order valence-corrected chi connectivity index (χ4v) is 2.57. The molecule has 0 amide bonds. The second-order valence-corrected chi connectivity index (χ2v) is 5.24. The highest BCUT2D eigenvalue weighted by Gasteiger charge is 2.17. The molecule has 2 heterocycles. The summed E-state index contributed by atoms with van der Waals surface area (Å²) < 4.78 is 1.96. The van der Waals surface area contributed by atoms with Gasteiger partial charge in [0, 0.05) is 13.1 Å². The normalized spacial score (nSPS) is 22.5. The maximum absolute atomic E-state index is 4.46. The Bertz CT molecular complexity index is 383. The molecular formula is C13H24N4. The molecule has 1 unspecified atom stereocenters. The maximum Gasteiger partial charge on any atom is 0.0827 e. The van der Waals surface area contributed by atoms with Crippen LogP contribution in [0.1, 0.15) is 30.7 Å². The topological polar surface area (TPSA) is 33.1 Å². The van der Waals surface area contributed by atoms with Crippen LogP contribution in [0.5, 0.6) is 0 Å². The maximum atomic E-state index is 4.46. The van der Waals surface area contributed by atoms with E-state index in [0.29, 0.717) is 6.04 Å². The largest absolute Gasteiger partial charge is 0.379 e. The molecule has 1 aliphatic rings. The summed E-state index contributed by atoms with van der Waals surface area (Å²) in [5.74, 6) is 0. The lowest BCUT2D eigenvalue weighted by Crippen LogP contribution is -2.23. The summed E-state index contributed by atoms with van der Waals surface area (Å²) in [6.07, 6.45) is 3.77. The minimum absolute atomic E-state index is 0.599. The van der Waals surface area contributed by atoms with E-state index in [0.717, 1.165) is 5.69 Å². The van der Waals surface area contributed by atoms with Crippen molar-refractivity contribution in [3.8, 4) is 0 Å². The molecule has 0 radical (unpaired) electrons. The van der Waals surface area contributed by atoms with Crippen molar-refractivity contribution in [3.05, 3.63) is 11.4 Å². The van der Waals surface area contributed by atoms with Crippen LogP contribution in [0.25, 0.3) is 0 Å². The highest BCUT2D eigenvalue weighted by atomic mass is 15.3. The molecule has 1 aromatic heterocycles. The molecule has 1 N–H and O–H groups in total. The van der Waals surface area contributed by atoms with Crippen molar-refractivity contribution in [1.29, 1.82) is 0 Å². The van der Waals surface area contributed by atoms with Gasteiger partial charge in [0.15, 0.2) is 0 Å². The molecule has 96 valence electrons. The average Bonchev–Trinajstić information content (AvgIpc) is 2.46. The molecule has 2 rings (SSSR count). The van der Waals surface area contributed by atoms with E-state index in [9.17, 15) is 0 Å². The van der Waals surface area contributed by atoms with Crippen LogP contribution < -0.4 is 5.32 Å². The van der Waals surface area contributed by atoms with Gasteiger partial charge in [-0.25, -0.2) is 0 Å². The van der Waals surface area contributed by atoms with E-state index < -0.39 is 0 Å². The SMILES string of the molecule is Cc1nn(C)c(C)c1NC1CCCN(C)CC1. The number of rotatable bonds is 2. The van der Waals surface area contributed by atoms with Crippen molar-refractivity contribution in [3.63, 3.8) is 0 Å². The van der Waals surface area contributed by atoms with Gasteiger partial charge in [0.1, 0.15) is 0 Å².